The Morgan fingerprint density at radius 2 is 1.93 bits per heavy atom. The first-order valence-electron chi connectivity index (χ1n) is 14.3. The van der Waals surface area contributed by atoms with Crippen LogP contribution in [-0.4, -0.2) is 69.4 Å². The van der Waals surface area contributed by atoms with Gasteiger partial charge in [0.15, 0.2) is 0 Å². The van der Waals surface area contributed by atoms with E-state index in [1.807, 2.05) is 30.1 Å². The number of methoxy groups -OCH3 is 1. The number of piperidine rings is 1. The summed E-state index contributed by atoms with van der Waals surface area (Å²) in [5.41, 5.74) is 1.44. The lowest BCUT2D eigenvalue weighted by Gasteiger charge is -2.33. The SMILES string of the molecule is COc1cc(P2(=O)CCCCC2)ccc1NCC#Cc1sc2c(NC3CCN(C)CC3F)cccc2c1CC(F)(F)F. The van der Waals surface area contributed by atoms with Crippen LogP contribution in [0.3, 0.4) is 0 Å². The molecular formula is C31H36F4N3O2PS. The Morgan fingerprint density at radius 1 is 1.14 bits per heavy atom. The summed E-state index contributed by atoms with van der Waals surface area (Å²) in [6.07, 6.45) is -1.49. The van der Waals surface area contributed by atoms with Gasteiger partial charge in [-0.2, -0.15) is 13.2 Å². The van der Waals surface area contributed by atoms with Crippen LogP contribution in [0.2, 0.25) is 0 Å². The molecule has 2 aromatic carbocycles. The monoisotopic (exact) mass is 621 g/mol. The number of hydrogen-bond donors (Lipinski definition) is 2. The number of nitrogens with zero attached hydrogens (tertiary/aromatic N) is 1. The van der Waals surface area contributed by atoms with E-state index in [2.05, 4.69) is 22.5 Å². The van der Waals surface area contributed by atoms with Crippen molar-refractivity contribution in [2.75, 3.05) is 56.7 Å². The Kier molecular flexibility index (Phi) is 9.41. The Hall–Kier alpha value is -2.73. The van der Waals surface area contributed by atoms with Crippen LogP contribution in [0, 0.1) is 11.8 Å². The second-order valence-electron chi connectivity index (χ2n) is 11.1. The van der Waals surface area contributed by atoms with Crippen LogP contribution in [0.1, 0.15) is 36.1 Å². The van der Waals surface area contributed by atoms with Gasteiger partial charge in [-0.1, -0.05) is 30.4 Å². The topological polar surface area (TPSA) is 53.6 Å². The van der Waals surface area contributed by atoms with Gasteiger partial charge >= 0.3 is 6.18 Å². The van der Waals surface area contributed by atoms with Gasteiger partial charge in [0.05, 0.1) is 47.1 Å². The maximum Gasteiger partial charge on any atom is 0.393 e. The maximum atomic E-state index is 14.7. The number of thiophene rings is 1. The van der Waals surface area contributed by atoms with Crippen LogP contribution < -0.4 is 20.7 Å². The minimum atomic E-state index is -4.40. The van der Waals surface area contributed by atoms with E-state index in [1.54, 1.807) is 25.3 Å². The van der Waals surface area contributed by atoms with Crippen molar-refractivity contribution in [3.8, 4) is 17.6 Å². The smallest absolute Gasteiger partial charge is 0.393 e. The third kappa shape index (κ3) is 7.07. The van der Waals surface area contributed by atoms with E-state index < -0.39 is 32.0 Å². The largest absolute Gasteiger partial charge is 0.495 e. The summed E-state index contributed by atoms with van der Waals surface area (Å²) in [5.74, 6) is 6.49. The lowest BCUT2D eigenvalue weighted by Crippen LogP contribution is -2.46. The van der Waals surface area contributed by atoms with E-state index in [4.69, 9.17) is 4.74 Å². The van der Waals surface area contributed by atoms with E-state index in [0.29, 0.717) is 57.4 Å². The first kappa shape index (κ1) is 30.7. The van der Waals surface area contributed by atoms with E-state index in [0.717, 1.165) is 31.1 Å². The normalized spacial score (nSPS) is 21.0. The Bertz CT molecular complexity index is 1520. The minimum Gasteiger partial charge on any atom is -0.495 e. The summed E-state index contributed by atoms with van der Waals surface area (Å²) >= 11 is 1.20. The van der Waals surface area contributed by atoms with Crippen LogP contribution in [0.25, 0.3) is 10.1 Å². The van der Waals surface area contributed by atoms with Crippen molar-refractivity contribution in [3.05, 3.63) is 46.8 Å². The molecule has 226 valence electrons. The van der Waals surface area contributed by atoms with Crippen molar-refractivity contribution >= 4 is 45.2 Å². The molecule has 0 saturated carbocycles. The van der Waals surface area contributed by atoms with E-state index in [1.165, 1.54) is 11.3 Å². The summed E-state index contributed by atoms with van der Waals surface area (Å²) in [4.78, 5) is 2.27. The quantitative estimate of drug-likeness (QED) is 0.168. The third-order valence-electron chi connectivity index (χ3n) is 8.04. The van der Waals surface area contributed by atoms with Crippen molar-refractivity contribution in [1.29, 1.82) is 0 Å². The number of rotatable bonds is 7. The standard InChI is InChI=1S/C31H36F4N3O2PS/c1-38-15-13-25(24(32)20-38)37-27-9-6-8-22-23(19-31(33,34)35)29(42-30(22)27)10-7-14-36-26-12-11-21(18-28(26)40-2)41(39)16-4-3-5-17-41/h6,8-9,11-12,18,24-25,36-37H,3-5,13-17,19-20H2,1-2H3. The van der Waals surface area contributed by atoms with Gasteiger partial charge in [0.25, 0.3) is 0 Å². The number of likely N-dealkylation sites (tertiary alicyclic amines) is 1. The number of halogens is 4. The summed E-state index contributed by atoms with van der Waals surface area (Å²) in [6.45, 7) is 1.24. The first-order valence-corrected chi connectivity index (χ1v) is 17.2. The third-order valence-corrected chi connectivity index (χ3v) is 12.5. The van der Waals surface area contributed by atoms with Gasteiger partial charge < -0.3 is 24.8 Å². The molecule has 2 unspecified atom stereocenters. The van der Waals surface area contributed by atoms with Gasteiger partial charge in [-0.15, -0.1) is 11.3 Å². The van der Waals surface area contributed by atoms with Gasteiger partial charge in [-0.05, 0) is 61.5 Å². The zero-order valence-corrected chi connectivity index (χ0v) is 25.5. The molecule has 0 spiro atoms. The second-order valence-corrected chi connectivity index (χ2v) is 15.3. The molecule has 3 aromatic rings. The predicted molar refractivity (Wildman–Crippen MR) is 165 cm³/mol. The highest BCUT2D eigenvalue weighted by molar-refractivity contribution is 7.71. The fourth-order valence-electron chi connectivity index (χ4n) is 5.80. The van der Waals surface area contributed by atoms with Gasteiger partial charge in [-0.3, -0.25) is 0 Å². The number of fused-ring (bicyclic) bond motifs is 1. The second kappa shape index (κ2) is 12.9. The highest BCUT2D eigenvalue weighted by atomic mass is 32.1. The molecule has 2 fully saturated rings. The molecule has 5 rings (SSSR count). The van der Waals surface area contributed by atoms with Gasteiger partial charge in [0, 0.05) is 30.7 Å². The molecule has 11 heteroatoms. The number of anilines is 2. The zero-order chi connectivity index (χ0) is 29.9. The summed E-state index contributed by atoms with van der Waals surface area (Å²) < 4.78 is 75.2. The molecule has 2 N–H and O–H groups in total. The van der Waals surface area contributed by atoms with Crippen LogP contribution in [0.15, 0.2) is 36.4 Å². The first-order chi connectivity index (χ1) is 20.1. The highest BCUT2D eigenvalue weighted by Gasteiger charge is 2.32. The molecule has 1 aromatic heterocycles. The highest BCUT2D eigenvalue weighted by Crippen LogP contribution is 2.50. The Morgan fingerprint density at radius 3 is 2.64 bits per heavy atom. The summed E-state index contributed by atoms with van der Waals surface area (Å²) in [7, 11) is 1.01. The van der Waals surface area contributed by atoms with Gasteiger partial charge in [-0.25, -0.2) is 4.39 Å². The molecule has 42 heavy (non-hydrogen) atoms. The number of nitrogens with one attached hydrogen (secondary N) is 2. The molecule has 2 saturated heterocycles. The molecular weight excluding hydrogens is 585 g/mol. The summed E-state index contributed by atoms with van der Waals surface area (Å²) in [6, 6.07) is 10.3. The molecule has 3 heterocycles. The number of ether oxygens (including phenoxy) is 1. The number of alkyl halides is 4. The Balaban J connectivity index is 1.37. The van der Waals surface area contributed by atoms with Crippen molar-refractivity contribution < 1.29 is 26.9 Å². The molecule has 0 radical (unpaired) electrons. The van der Waals surface area contributed by atoms with Crippen molar-refractivity contribution in [1.82, 2.24) is 4.90 Å². The molecule has 0 amide bonds. The zero-order valence-electron chi connectivity index (χ0n) is 23.8. The summed E-state index contributed by atoms with van der Waals surface area (Å²) in [5, 5.41) is 7.76. The average molecular weight is 622 g/mol. The van der Waals surface area contributed by atoms with Crippen molar-refractivity contribution in [2.24, 2.45) is 0 Å². The maximum absolute atomic E-state index is 14.7. The van der Waals surface area contributed by atoms with Crippen molar-refractivity contribution in [2.45, 2.75) is 50.5 Å². The lowest BCUT2D eigenvalue weighted by atomic mass is 10.0. The van der Waals surface area contributed by atoms with Crippen LogP contribution in [-0.2, 0) is 11.0 Å². The molecule has 2 aliphatic heterocycles. The average Bonchev–Trinajstić information content (AvgIpc) is 3.29. The van der Waals surface area contributed by atoms with E-state index in [9.17, 15) is 22.1 Å². The van der Waals surface area contributed by atoms with Gasteiger partial charge in [0.1, 0.15) is 19.1 Å². The number of hydrogen-bond acceptors (Lipinski definition) is 6. The molecule has 5 nitrogen and oxygen atoms in total. The number of benzene rings is 2. The molecule has 0 aliphatic carbocycles. The van der Waals surface area contributed by atoms with Gasteiger partial charge in [0.2, 0.25) is 0 Å². The fraction of sp³-hybridized carbons (Fsp3) is 0.484. The van der Waals surface area contributed by atoms with E-state index >= 15 is 0 Å². The molecule has 2 aliphatic rings. The lowest BCUT2D eigenvalue weighted by molar-refractivity contribution is -0.126. The molecule has 2 atom stereocenters. The van der Waals surface area contributed by atoms with Crippen LogP contribution in [0.4, 0.5) is 28.9 Å². The minimum absolute atomic E-state index is 0.137. The van der Waals surface area contributed by atoms with E-state index in [-0.39, 0.29) is 12.1 Å². The van der Waals surface area contributed by atoms with Crippen LogP contribution >= 0.6 is 18.5 Å². The Labute approximate surface area is 248 Å². The predicted octanol–water partition coefficient (Wildman–Crippen LogP) is 7.10. The molecule has 0 bridgehead atoms. The van der Waals surface area contributed by atoms with Crippen molar-refractivity contribution in [3.63, 3.8) is 0 Å². The van der Waals surface area contributed by atoms with Crippen LogP contribution in [0.5, 0.6) is 5.75 Å². The fourth-order valence-corrected chi connectivity index (χ4v) is 9.88.